The Labute approximate surface area is 164 Å². The number of aromatic nitrogens is 2. The second-order valence-electron chi connectivity index (χ2n) is 8.07. The van der Waals surface area contributed by atoms with Crippen LogP contribution in [-0.2, 0) is 12.8 Å². The van der Waals surface area contributed by atoms with Gasteiger partial charge in [0.05, 0.1) is 10.9 Å². The molecule has 1 atom stereocenters. The first-order valence-corrected chi connectivity index (χ1v) is 10.4. The highest BCUT2D eigenvalue weighted by Gasteiger charge is 2.31. The molecule has 0 radical (unpaired) electrons. The van der Waals surface area contributed by atoms with Crippen molar-refractivity contribution in [2.75, 3.05) is 0 Å². The molecule has 2 N–H and O–H groups in total. The lowest BCUT2D eigenvalue weighted by Gasteiger charge is -2.33. The fraction of sp³-hybridized carbons (Fsp3) is 0.400. The van der Waals surface area contributed by atoms with Gasteiger partial charge in [0.1, 0.15) is 16.4 Å². The van der Waals surface area contributed by atoms with Crippen LogP contribution in [0.15, 0.2) is 27.5 Å². The third kappa shape index (κ3) is 2.99. The molecule has 0 fully saturated rings. The lowest BCUT2D eigenvalue weighted by Crippen LogP contribution is -2.26. The highest BCUT2D eigenvalue weighted by molar-refractivity contribution is 9.10. The van der Waals surface area contributed by atoms with Crippen molar-refractivity contribution in [1.29, 1.82) is 0 Å². The number of aromatic amines is 1. The molecule has 0 saturated heterocycles. The molecule has 3 aromatic rings. The standard InChI is InChI=1S/C20H21BrN2O2S/c1-20(2,3)10-4-6-12-15(8-10)26-19-16(12)18(25)22-17(23-19)13-9-11(21)5-7-14(13)24/h5,7,9-10,24H,4,6,8H2,1-3H3,(H,22,23,25). The minimum Gasteiger partial charge on any atom is -0.507 e. The molecule has 1 unspecified atom stereocenters. The van der Waals surface area contributed by atoms with Crippen molar-refractivity contribution >= 4 is 37.5 Å². The molecule has 1 aliphatic rings. The van der Waals surface area contributed by atoms with Gasteiger partial charge in [-0.15, -0.1) is 11.3 Å². The van der Waals surface area contributed by atoms with Crippen molar-refractivity contribution in [2.45, 2.75) is 40.0 Å². The number of nitrogens with one attached hydrogen (secondary N) is 1. The summed E-state index contributed by atoms with van der Waals surface area (Å²) < 4.78 is 0.825. The van der Waals surface area contributed by atoms with Gasteiger partial charge in [-0.25, -0.2) is 4.98 Å². The molecule has 4 rings (SSSR count). The van der Waals surface area contributed by atoms with Crippen molar-refractivity contribution in [3.63, 3.8) is 0 Å². The number of nitrogens with zero attached hydrogens (tertiary/aromatic N) is 1. The van der Waals surface area contributed by atoms with E-state index in [-0.39, 0.29) is 16.7 Å². The van der Waals surface area contributed by atoms with E-state index >= 15 is 0 Å². The van der Waals surface area contributed by atoms with Gasteiger partial charge in [-0.1, -0.05) is 36.7 Å². The molecule has 1 aromatic carbocycles. The smallest absolute Gasteiger partial charge is 0.260 e. The largest absolute Gasteiger partial charge is 0.507 e. The second kappa shape index (κ2) is 6.20. The zero-order chi connectivity index (χ0) is 18.6. The van der Waals surface area contributed by atoms with Gasteiger partial charge in [-0.05, 0) is 54.4 Å². The molecule has 0 spiro atoms. The molecule has 0 bridgehead atoms. The van der Waals surface area contributed by atoms with E-state index in [1.807, 2.05) is 0 Å². The van der Waals surface area contributed by atoms with Gasteiger partial charge in [0.2, 0.25) is 0 Å². The van der Waals surface area contributed by atoms with Crippen LogP contribution in [0.3, 0.4) is 0 Å². The van der Waals surface area contributed by atoms with Gasteiger partial charge in [-0.2, -0.15) is 0 Å². The number of rotatable bonds is 1. The zero-order valence-corrected chi connectivity index (χ0v) is 17.4. The van der Waals surface area contributed by atoms with Gasteiger partial charge < -0.3 is 10.1 Å². The Balaban J connectivity index is 1.85. The minimum absolute atomic E-state index is 0.102. The first-order chi connectivity index (χ1) is 12.2. The van der Waals surface area contributed by atoms with Crippen LogP contribution in [0.5, 0.6) is 5.75 Å². The summed E-state index contributed by atoms with van der Waals surface area (Å²) in [4.78, 5) is 22.4. The number of thiophene rings is 1. The number of hydrogen-bond acceptors (Lipinski definition) is 4. The average Bonchev–Trinajstić information content (AvgIpc) is 2.94. The van der Waals surface area contributed by atoms with E-state index in [9.17, 15) is 9.90 Å². The maximum absolute atomic E-state index is 12.8. The maximum Gasteiger partial charge on any atom is 0.260 e. The fourth-order valence-corrected chi connectivity index (χ4v) is 5.41. The third-order valence-electron chi connectivity index (χ3n) is 5.36. The van der Waals surface area contributed by atoms with Crippen LogP contribution in [-0.4, -0.2) is 15.1 Å². The SMILES string of the molecule is CC(C)(C)C1CCc2c(sc3nc(-c4cc(Br)ccc4O)[nH]c(=O)c23)C1. The van der Waals surface area contributed by atoms with Gasteiger partial charge >= 0.3 is 0 Å². The Kier molecular flexibility index (Phi) is 4.23. The van der Waals surface area contributed by atoms with Crippen molar-refractivity contribution < 1.29 is 5.11 Å². The molecule has 0 amide bonds. The summed E-state index contributed by atoms with van der Waals surface area (Å²) in [6.45, 7) is 6.86. The van der Waals surface area contributed by atoms with Gasteiger partial charge in [0, 0.05) is 9.35 Å². The van der Waals surface area contributed by atoms with Gasteiger partial charge in [0.25, 0.3) is 5.56 Å². The van der Waals surface area contributed by atoms with E-state index in [1.165, 1.54) is 10.4 Å². The summed E-state index contributed by atoms with van der Waals surface area (Å²) in [5, 5.41) is 10.9. The molecule has 26 heavy (non-hydrogen) atoms. The number of phenols is 1. The van der Waals surface area contributed by atoms with Crippen LogP contribution < -0.4 is 5.56 Å². The number of phenolic OH excluding ortho intramolecular Hbond substituents is 1. The summed E-state index contributed by atoms with van der Waals surface area (Å²) in [6.07, 6.45) is 3.05. The number of fused-ring (bicyclic) bond motifs is 3. The van der Waals surface area contributed by atoms with E-state index in [0.29, 0.717) is 17.3 Å². The third-order valence-corrected chi connectivity index (χ3v) is 7.00. The molecule has 136 valence electrons. The Morgan fingerprint density at radius 3 is 2.85 bits per heavy atom. The van der Waals surface area contributed by atoms with Crippen LogP contribution in [0.25, 0.3) is 21.6 Å². The first kappa shape index (κ1) is 17.7. The Hall–Kier alpha value is -1.66. The van der Waals surface area contributed by atoms with Crippen LogP contribution in [0.4, 0.5) is 0 Å². The second-order valence-corrected chi connectivity index (χ2v) is 10.1. The normalized spacial score (nSPS) is 17.5. The summed E-state index contributed by atoms with van der Waals surface area (Å²) >= 11 is 5.03. The van der Waals surface area contributed by atoms with E-state index in [0.717, 1.165) is 34.0 Å². The zero-order valence-electron chi connectivity index (χ0n) is 15.0. The topological polar surface area (TPSA) is 66.0 Å². The number of benzene rings is 1. The van der Waals surface area contributed by atoms with E-state index in [4.69, 9.17) is 0 Å². The molecule has 1 aliphatic carbocycles. The molecular formula is C20H21BrN2O2S. The number of halogens is 1. The monoisotopic (exact) mass is 432 g/mol. The fourth-order valence-electron chi connectivity index (χ4n) is 3.75. The van der Waals surface area contributed by atoms with Crippen LogP contribution >= 0.6 is 27.3 Å². The number of aromatic hydroxyl groups is 1. The highest BCUT2D eigenvalue weighted by Crippen LogP contribution is 2.42. The quantitative estimate of drug-likeness (QED) is 0.550. The Morgan fingerprint density at radius 2 is 2.12 bits per heavy atom. The molecule has 0 aliphatic heterocycles. The van der Waals surface area contributed by atoms with E-state index in [2.05, 4.69) is 46.7 Å². The van der Waals surface area contributed by atoms with Crippen molar-refractivity contribution in [1.82, 2.24) is 9.97 Å². The summed E-state index contributed by atoms with van der Waals surface area (Å²) in [6, 6.07) is 5.12. The Morgan fingerprint density at radius 1 is 1.35 bits per heavy atom. The Bertz CT molecular complexity index is 1060. The first-order valence-electron chi connectivity index (χ1n) is 8.77. The van der Waals surface area contributed by atoms with Gasteiger partial charge in [-0.3, -0.25) is 4.79 Å². The average molecular weight is 433 g/mol. The summed E-state index contributed by atoms with van der Waals surface area (Å²) in [5.74, 6) is 1.13. The predicted octanol–water partition coefficient (Wildman–Crippen LogP) is 5.27. The van der Waals surface area contributed by atoms with Crippen LogP contribution in [0, 0.1) is 11.3 Å². The number of H-pyrrole nitrogens is 1. The lowest BCUT2D eigenvalue weighted by molar-refractivity contribution is 0.218. The predicted molar refractivity (Wildman–Crippen MR) is 110 cm³/mol. The van der Waals surface area contributed by atoms with Crippen LogP contribution in [0.1, 0.15) is 37.6 Å². The highest BCUT2D eigenvalue weighted by atomic mass is 79.9. The molecular weight excluding hydrogens is 412 g/mol. The van der Waals surface area contributed by atoms with Gasteiger partial charge in [0.15, 0.2) is 0 Å². The molecule has 2 heterocycles. The summed E-state index contributed by atoms with van der Waals surface area (Å²) in [7, 11) is 0. The van der Waals surface area contributed by atoms with Crippen molar-refractivity contribution in [3.8, 4) is 17.1 Å². The summed E-state index contributed by atoms with van der Waals surface area (Å²) in [5.41, 5.74) is 1.85. The van der Waals surface area contributed by atoms with E-state index in [1.54, 1.807) is 29.5 Å². The number of aryl methyl sites for hydroxylation is 1. The molecule has 2 aromatic heterocycles. The molecule has 4 nitrogen and oxygen atoms in total. The number of hydrogen-bond donors (Lipinski definition) is 2. The van der Waals surface area contributed by atoms with Crippen molar-refractivity contribution in [3.05, 3.63) is 43.5 Å². The molecule has 0 saturated carbocycles. The minimum atomic E-state index is -0.115. The molecule has 6 heteroatoms. The van der Waals surface area contributed by atoms with Crippen molar-refractivity contribution in [2.24, 2.45) is 11.3 Å². The van der Waals surface area contributed by atoms with E-state index < -0.39 is 0 Å². The van der Waals surface area contributed by atoms with Crippen LogP contribution in [0.2, 0.25) is 0 Å². The maximum atomic E-state index is 12.8. The lowest BCUT2D eigenvalue weighted by atomic mass is 9.72.